The highest BCUT2D eigenvalue weighted by Crippen LogP contribution is 2.32. The smallest absolute Gasteiger partial charge is 0.137 e. The zero-order chi connectivity index (χ0) is 15.2. The second-order valence-corrected chi connectivity index (χ2v) is 5.58. The average molecular weight is 301 g/mol. The molecule has 0 aliphatic carbocycles. The fraction of sp³-hybridized carbons (Fsp3) is 0.500. The Morgan fingerprint density at radius 2 is 2.23 bits per heavy atom. The molecule has 1 saturated heterocycles. The van der Waals surface area contributed by atoms with E-state index in [9.17, 15) is 0 Å². The first-order chi connectivity index (χ1) is 10.8. The van der Waals surface area contributed by atoms with Gasteiger partial charge in [-0.1, -0.05) is 6.07 Å². The number of anilines is 1. The summed E-state index contributed by atoms with van der Waals surface area (Å²) in [4.78, 5) is 8.66. The minimum atomic E-state index is 0.108. The standard InChI is InChI=1S/C16H23N5O/c1-21-10-9-20-16(21)15-13(5-11-22-15)12-17-7-8-19-14-4-2-3-6-18-14/h2-4,6,9-10,13,15,17H,5,7-8,11-12H2,1H3,(H,18,19)/t13-,15+/m0/s1. The van der Waals surface area contributed by atoms with E-state index in [0.717, 1.165) is 44.3 Å². The summed E-state index contributed by atoms with van der Waals surface area (Å²) in [5.74, 6) is 2.42. The molecule has 2 aromatic rings. The van der Waals surface area contributed by atoms with Crippen molar-refractivity contribution >= 4 is 5.82 Å². The van der Waals surface area contributed by atoms with E-state index in [2.05, 4.69) is 20.6 Å². The maximum Gasteiger partial charge on any atom is 0.137 e. The Balaban J connectivity index is 1.41. The van der Waals surface area contributed by atoms with Crippen molar-refractivity contribution in [2.24, 2.45) is 13.0 Å². The molecule has 118 valence electrons. The number of aromatic nitrogens is 3. The van der Waals surface area contributed by atoms with Gasteiger partial charge in [0.15, 0.2) is 0 Å². The van der Waals surface area contributed by atoms with Crippen LogP contribution in [0.25, 0.3) is 0 Å². The summed E-state index contributed by atoms with van der Waals surface area (Å²) in [6.45, 7) is 3.52. The predicted octanol–water partition coefficient (Wildman–Crippen LogP) is 1.59. The summed E-state index contributed by atoms with van der Waals surface area (Å²) < 4.78 is 7.92. The summed E-state index contributed by atoms with van der Waals surface area (Å²) in [7, 11) is 2.02. The third-order valence-electron chi connectivity index (χ3n) is 4.01. The molecular weight excluding hydrogens is 278 g/mol. The van der Waals surface area contributed by atoms with E-state index in [-0.39, 0.29) is 6.10 Å². The van der Waals surface area contributed by atoms with Crippen LogP contribution in [0.5, 0.6) is 0 Å². The Bertz CT molecular complexity index is 571. The average Bonchev–Trinajstić information content (AvgIpc) is 3.16. The first-order valence-electron chi connectivity index (χ1n) is 7.79. The van der Waals surface area contributed by atoms with Crippen LogP contribution in [0.2, 0.25) is 0 Å². The normalized spacial score (nSPS) is 21.1. The van der Waals surface area contributed by atoms with Gasteiger partial charge in [0.05, 0.1) is 0 Å². The third-order valence-corrected chi connectivity index (χ3v) is 4.01. The van der Waals surface area contributed by atoms with Crippen molar-refractivity contribution < 1.29 is 4.74 Å². The molecular formula is C16H23N5O. The van der Waals surface area contributed by atoms with E-state index < -0.39 is 0 Å². The van der Waals surface area contributed by atoms with Gasteiger partial charge < -0.3 is 19.9 Å². The first kappa shape index (κ1) is 15.0. The second kappa shape index (κ2) is 7.38. The molecule has 6 nitrogen and oxygen atoms in total. The van der Waals surface area contributed by atoms with Gasteiger partial charge in [-0.05, 0) is 18.6 Å². The molecule has 1 fully saturated rings. The number of nitrogens with zero attached hydrogens (tertiary/aromatic N) is 3. The minimum Gasteiger partial charge on any atom is -0.370 e. The quantitative estimate of drug-likeness (QED) is 0.761. The number of imidazole rings is 1. The van der Waals surface area contributed by atoms with Gasteiger partial charge >= 0.3 is 0 Å². The van der Waals surface area contributed by atoms with Gasteiger partial charge in [-0.3, -0.25) is 0 Å². The van der Waals surface area contributed by atoms with Crippen LogP contribution < -0.4 is 10.6 Å². The Morgan fingerprint density at radius 1 is 1.27 bits per heavy atom. The van der Waals surface area contributed by atoms with E-state index in [1.165, 1.54) is 0 Å². The van der Waals surface area contributed by atoms with Crippen molar-refractivity contribution in [1.29, 1.82) is 0 Å². The van der Waals surface area contributed by atoms with Gasteiger partial charge in [-0.15, -0.1) is 0 Å². The molecule has 0 spiro atoms. The topological polar surface area (TPSA) is 64.0 Å². The lowest BCUT2D eigenvalue weighted by atomic mass is 10.0. The third kappa shape index (κ3) is 3.64. The highest BCUT2D eigenvalue weighted by Gasteiger charge is 2.31. The van der Waals surface area contributed by atoms with Crippen molar-refractivity contribution in [3.05, 3.63) is 42.6 Å². The van der Waals surface area contributed by atoms with Crippen molar-refractivity contribution in [2.75, 3.05) is 31.6 Å². The van der Waals surface area contributed by atoms with Crippen molar-refractivity contribution in [2.45, 2.75) is 12.5 Å². The number of hydrogen-bond donors (Lipinski definition) is 2. The van der Waals surface area contributed by atoms with Crippen molar-refractivity contribution in [1.82, 2.24) is 19.9 Å². The zero-order valence-corrected chi connectivity index (χ0v) is 12.9. The van der Waals surface area contributed by atoms with Gasteiger partial charge in [-0.2, -0.15) is 0 Å². The van der Waals surface area contributed by atoms with E-state index in [4.69, 9.17) is 4.74 Å². The predicted molar refractivity (Wildman–Crippen MR) is 85.6 cm³/mol. The summed E-state index contributed by atoms with van der Waals surface area (Å²) in [6, 6.07) is 5.87. The number of rotatable bonds is 7. The second-order valence-electron chi connectivity index (χ2n) is 5.58. The van der Waals surface area contributed by atoms with Gasteiger partial charge in [0.25, 0.3) is 0 Å². The molecule has 3 rings (SSSR count). The van der Waals surface area contributed by atoms with Crippen LogP contribution in [0.15, 0.2) is 36.8 Å². The van der Waals surface area contributed by atoms with Gasteiger partial charge in [0.1, 0.15) is 17.7 Å². The Morgan fingerprint density at radius 3 is 3.00 bits per heavy atom. The van der Waals surface area contributed by atoms with Crippen LogP contribution in [0, 0.1) is 5.92 Å². The zero-order valence-electron chi connectivity index (χ0n) is 12.9. The van der Waals surface area contributed by atoms with E-state index in [1.54, 1.807) is 6.20 Å². The molecule has 3 heterocycles. The van der Waals surface area contributed by atoms with Gasteiger partial charge in [0, 0.05) is 57.8 Å². The molecule has 0 amide bonds. The monoisotopic (exact) mass is 301 g/mol. The number of nitrogens with one attached hydrogen (secondary N) is 2. The minimum absolute atomic E-state index is 0.108. The molecule has 1 aliphatic heterocycles. The maximum absolute atomic E-state index is 5.87. The van der Waals surface area contributed by atoms with Gasteiger partial charge in [-0.25, -0.2) is 9.97 Å². The number of ether oxygens (including phenoxy) is 1. The number of hydrogen-bond acceptors (Lipinski definition) is 5. The highest BCUT2D eigenvalue weighted by molar-refractivity contribution is 5.32. The van der Waals surface area contributed by atoms with Crippen molar-refractivity contribution in [3.8, 4) is 0 Å². The fourth-order valence-corrected chi connectivity index (χ4v) is 2.81. The summed E-state index contributed by atoms with van der Waals surface area (Å²) in [6.07, 6.45) is 6.79. The lowest BCUT2D eigenvalue weighted by molar-refractivity contribution is 0.0812. The highest BCUT2D eigenvalue weighted by atomic mass is 16.5. The van der Waals surface area contributed by atoms with Crippen LogP contribution in [0.3, 0.4) is 0 Å². The molecule has 0 bridgehead atoms. The summed E-state index contributed by atoms with van der Waals surface area (Å²) >= 11 is 0. The molecule has 0 aromatic carbocycles. The first-order valence-corrected chi connectivity index (χ1v) is 7.79. The molecule has 0 saturated carbocycles. The SMILES string of the molecule is Cn1ccnc1[C@@H]1OCC[C@H]1CNCCNc1ccccn1. The molecule has 0 radical (unpaired) electrons. The molecule has 2 aromatic heterocycles. The fourth-order valence-electron chi connectivity index (χ4n) is 2.81. The maximum atomic E-state index is 5.87. The molecule has 2 N–H and O–H groups in total. The lowest BCUT2D eigenvalue weighted by Crippen LogP contribution is -2.29. The van der Waals surface area contributed by atoms with Crippen LogP contribution in [-0.2, 0) is 11.8 Å². The molecule has 6 heteroatoms. The van der Waals surface area contributed by atoms with Crippen LogP contribution >= 0.6 is 0 Å². The van der Waals surface area contributed by atoms with Crippen LogP contribution in [-0.4, -0.2) is 40.8 Å². The van der Waals surface area contributed by atoms with E-state index >= 15 is 0 Å². The summed E-state index contributed by atoms with van der Waals surface area (Å²) in [5, 5.41) is 6.80. The largest absolute Gasteiger partial charge is 0.370 e. The molecule has 2 atom stereocenters. The van der Waals surface area contributed by atoms with Crippen LogP contribution in [0.1, 0.15) is 18.3 Å². The Labute approximate surface area is 130 Å². The Hall–Kier alpha value is -1.92. The van der Waals surface area contributed by atoms with E-state index in [0.29, 0.717) is 5.92 Å². The number of pyridine rings is 1. The van der Waals surface area contributed by atoms with Crippen molar-refractivity contribution in [3.63, 3.8) is 0 Å². The lowest BCUT2D eigenvalue weighted by Gasteiger charge is -2.18. The van der Waals surface area contributed by atoms with Gasteiger partial charge in [0.2, 0.25) is 0 Å². The summed E-state index contributed by atoms with van der Waals surface area (Å²) in [5.41, 5.74) is 0. The molecule has 1 aliphatic rings. The number of aryl methyl sites for hydroxylation is 1. The molecule has 0 unspecified atom stereocenters. The van der Waals surface area contributed by atoms with Crippen LogP contribution in [0.4, 0.5) is 5.82 Å². The Kier molecular flexibility index (Phi) is 5.03. The van der Waals surface area contributed by atoms with E-state index in [1.807, 2.05) is 42.2 Å². The molecule has 22 heavy (non-hydrogen) atoms.